The molecule has 2 nitrogen and oxygen atoms in total. The highest BCUT2D eigenvalue weighted by atomic mass is 16.7. The van der Waals surface area contributed by atoms with Crippen LogP contribution in [0.25, 0.3) is 0 Å². The van der Waals surface area contributed by atoms with E-state index in [2.05, 4.69) is 38.1 Å². The molecule has 2 heteroatoms. The number of hydrogen-bond donors (Lipinski definition) is 0. The first-order valence-electron chi connectivity index (χ1n) is 9.57. The van der Waals surface area contributed by atoms with Crippen LogP contribution in [0.4, 0.5) is 0 Å². The number of hydrogen-bond acceptors (Lipinski definition) is 2. The molecule has 0 bridgehead atoms. The molecule has 23 heavy (non-hydrogen) atoms. The maximum absolute atomic E-state index is 5.85. The summed E-state index contributed by atoms with van der Waals surface area (Å²) >= 11 is 0. The first-order chi connectivity index (χ1) is 11.2. The van der Waals surface area contributed by atoms with E-state index in [0.717, 1.165) is 24.7 Å². The predicted octanol–water partition coefficient (Wildman–Crippen LogP) is 6.30. The molecule has 0 radical (unpaired) electrons. The summed E-state index contributed by atoms with van der Waals surface area (Å²) in [7, 11) is 0. The van der Waals surface area contributed by atoms with Gasteiger partial charge in [-0.3, -0.25) is 0 Å². The lowest BCUT2D eigenvalue weighted by Crippen LogP contribution is -2.17. The highest BCUT2D eigenvalue weighted by molar-refractivity contribution is 5.29. The van der Waals surface area contributed by atoms with E-state index in [4.69, 9.17) is 9.47 Å². The Kier molecular flexibility index (Phi) is 7.94. The molecule has 0 saturated heterocycles. The van der Waals surface area contributed by atoms with Crippen LogP contribution in [0.5, 0.6) is 5.75 Å². The van der Waals surface area contributed by atoms with E-state index in [1.807, 2.05) is 6.92 Å². The van der Waals surface area contributed by atoms with Crippen LogP contribution in [0.3, 0.4) is 0 Å². The second-order valence-corrected chi connectivity index (χ2v) is 7.08. The lowest BCUT2D eigenvalue weighted by Gasteiger charge is -2.22. The van der Waals surface area contributed by atoms with Crippen LogP contribution >= 0.6 is 0 Å². The molecular formula is C21H34O2. The molecule has 1 aromatic rings. The largest absolute Gasteiger partial charge is 0.465 e. The minimum Gasteiger partial charge on any atom is -0.465 e. The van der Waals surface area contributed by atoms with Crippen molar-refractivity contribution in [1.29, 1.82) is 0 Å². The van der Waals surface area contributed by atoms with Crippen LogP contribution in [0.15, 0.2) is 24.3 Å². The number of ether oxygens (including phenoxy) is 2. The maximum atomic E-state index is 5.85. The average Bonchev–Trinajstić information content (AvgIpc) is 2.59. The zero-order valence-electron chi connectivity index (χ0n) is 15.2. The van der Waals surface area contributed by atoms with Crippen molar-refractivity contribution < 1.29 is 9.47 Å². The summed E-state index contributed by atoms with van der Waals surface area (Å²) in [4.78, 5) is 0. The Labute approximate surface area is 142 Å². The van der Waals surface area contributed by atoms with Gasteiger partial charge in [-0.1, -0.05) is 58.1 Å². The Bertz CT molecular complexity index is 420. The fraction of sp³-hybridized carbons (Fsp3) is 0.714. The first-order valence-corrected chi connectivity index (χ1v) is 9.57. The molecule has 1 aliphatic carbocycles. The van der Waals surface area contributed by atoms with Gasteiger partial charge in [0.05, 0.1) is 6.61 Å². The number of rotatable bonds is 9. The predicted molar refractivity (Wildman–Crippen MR) is 97.0 cm³/mol. The van der Waals surface area contributed by atoms with Gasteiger partial charge in [0.15, 0.2) is 6.29 Å². The summed E-state index contributed by atoms with van der Waals surface area (Å²) in [6, 6.07) is 8.45. The lowest BCUT2D eigenvalue weighted by atomic mass is 9.86. The summed E-state index contributed by atoms with van der Waals surface area (Å²) in [5.41, 5.74) is 1.38. The molecule has 0 amide bonds. The van der Waals surface area contributed by atoms with Crippen molar-refractivity contribution in [2.45, 2.75) is 84.3 Å². The standard InChI is InChI=1S/C21H34O2/c1-4-17(2)20-12-14-21(15-13-20)23-18(3)22-16-8-11-19-9-6-5-7-10-19/h12-15,17-19H,4-11,16H2,1-3H3. The van der Waals surface area contributed by atoms with E-state index >= 15 is 0 Å². The normalized spacial score (nSPS) is 18.6. The number of benzene rings is 1. The van der Waals surface area contributed by atoms with Gasteiger partial charge in [-0.05, 0) is 55.7 Å². The summed E-state index contributed by atoms with van der Waals surface area (Å²) in [5.74, 6) is 2.45. The van der Waals surface area contributed by atoms with Gasteiger partial charge in [-0.25, -0.2) is 0 Å². The fourth-order valence-electron chi connectivity index (χ4n) is 3.43. The molecule has 2 atom stereocenters. The molecule has 0 spiro atoms. The third kappa shape index (κ3) is 6.55. The van der Waals surface area contributed by atoms with Crippen LogP contribution in [-0.4, -0.2) is 12.9 Å². The van der Waals surface area contributed by atoms with Crippen LogP contribution in [-0.2, 0) is 4.74 Å². The SMILES string of the molecule is CCC(C)c1ccc(OC(C)OCCCC2CCCCC2)cc1. The quantitative estimate of drug-likeness (QED) is 0.393. The second-order valence-electron chi connectivity index (χ2n) is 7.08. The fourth-order valence-corrected chi connectivity index (χ4v) is 3.43. The molecular weight excluding hydrogens is 284 g/mol. The summed E-state index contributed by atoms with van der Waals surface area (Å²) < 4.78 is 11.7. The minimum atomic E-state index is -0.171. The Morgan fingerprint density at radius 2 is 1.74 bits per heavy atom. The van der Waals surface area contributed by atoms with Gasteiger partial charge >= 0.3 is 0 Å². The van der Waals surface area contributed by atoms with Crippen molar-refractivity contribution in [1.82, 2.24) is 0 Å². The van der Waals surface area contributed by atoms with Gasteiger partial charge in [-0.2, -0.15) is 0 Å². The highest BCUT2D eigenvalue weighted by Crippen LogP contribution is 2.27. The van der Waals surface area contributed by atoms with E-state index in [1.54, 1.807) is 0 Å². The van der Waals surface area contributed by atoms with Crippen molar-refractivity contribution in [2.75, 3.05) is 6.61 Å². The van der Waals surface area contributed by atoms with Gasteiger partial charge in [0.2, 0.25) is 0 Å². The summed E-state index contributed by atoms with van der Waals surface area (Å²) in [5, 5.41) is 0. The molecule has 1 saturated carbocycles. The van der Waals surface area contributed by atoms with E-state index in [0.29, 0.717) is 5.92 Å². The van der Waals surface area contributed by atoms with Crippen LogP contribution in [0.2, 0.25) is 0 Å². The van der Waals surface area contributed by atoms with E-state index in [-0.39, 0.29) is 6.29 Å². The van der Waals surface area contributed by atoms with Gasteiger partial charge in [-0.15, -0.1) is 0 Å². The zero-order valence-corrected chi connectivity index (χ0v) is 15.2. The minimum absolute atomic E-state index is 0.171. The third-order valence-corrected chi connectivity index (χ3v) is 5.20. The molecule has 130 valence electrons. The molecule has 1 fully saturated rings. The molecule has 0 aliphatic heterocycles. The van der Waals surface area contributed by atoms with Crippen molar-refractivity contribution in [3.8, 4) is 5.75 Å². The van der Waals surface area contributed by atoms with Crippen molar-refractivity contribution in [2.24, 2.45) is 5.92 Å². The van der Waals surface area contributed by atoms with Crippen LogP contribution in [0.1, 0.15) is 83.6 Å². The van der Waals surface area contributed by atoms with Crippen LogP contribution < -0.4 is 4.74 Å². The molecule has 1 aromatic carbocycles. The van der Waals surface area contributed by atoms with Crippen molar-refractivity contribution in [3.05, 3.63) is 29.8 Å². The molecule has 2 unspecified atom stereocenters. The second kappa shape index (κ2) is 9.97. The first kappa shape index (κ1) is 18.3. The maximum Gasteiger partial charge on any atom is 0.196 e. The van der Waals surface area contributed by atoms with Gasteiger partial charge in [0, 0.05) is 0 Å². The van der Waals surface area contributed by atoms with E-state index in [1.165, 1.54) is 50.5 Å². The molecule has 0 aromatic heterocycles. The zero-order chi connectivity index (χ0) is 16.5. The molecule has 1 aliphatic rings. The van der Waals surface area contributed by atoms with Crippen molar-refractivity contribution >= 4 is 0 Å². The van der Waals surface area contributed by atoms with Crippen LogP contribution in [0, 0.1) is 5.92 Å². The highest BCUT2D eigenvalue weighted by Gasteiger charge is 2.13. The van der Waals surface area contributed by atoms with E-state index in [9.17, 15) is 0 Å². The third-order valence-electron chi connectivity index (χ3n) is 5.20. The van der Waals surface area contributed by atoms with Crippen molar-refractivity contribution in [3.63, 3.8) is 0 Å². The Hall–Kier alpha value is -1.02. The lowest BCUT2D eigenvalue weighted by molar-refractivity contribution is -0.0685. The Morgan fingerprint density at radius 1 is 1.04 bits per heavy atom. The Balaban J connectivity index is 1.63. The molecule has 2 rings (SSSR count). The molecule has 0 N–H and O–H groups in total. The van der Waals surface area contributed by atoms with Gasteiger partial charge < -0.3 is 9.47 Å². The summed E-state index contributed by atoms with van der Waals surface area (Å²) in [6.07, 6.45) is 10.6. The molecule has 0 heterocycles. The average molecular weight is 319 g/mol. The Morgan fingerprint density at radius 3 is 2.39 bits per heavy atom. The topological polar surface area (TPSA) is 18.5 Å². The van der Waals surface area contributed by atoms with Gasteiger partial charge in [0.25, 0.3) is 0 Å². The smallest absolute Gasteiger partial charge is 0.196 e. The van der Waals surface area contributed by atoms with E-state index < -0.39 is 0 Å². The summed E-state index contributed by atoms with van der Waals surface area (Å²) in [6.45, 7) is 7.28. The monoisotopic (exact) mass is 318 g/mol. The van der Waals surface area contributed by atoms with Gasteiger partial charge in [0.1, 0.15) is 5.75 Å².